The van der Waals surface area contributed by atoms with Crippen LogP contribution in [0.1, 0.15) is 25.0 Å². The lowest BCUT2D eigenvalue weighted by Gasteiger charge is -2.16. The highest BCUT2D eigenvalue weighted by molar-refractivity contribution is 5.58. The second-order valence-corrected chi connectivity index (χ2v) is 5.33. The number of nitrogens with one attached hydrogen (secondary N) is 1. The topological polar surface area (TPSA) is 30.5 Å². The summed E-state index contributed by atoms with van der Waals surface area (Å²) >= 11 is 0. The Morgan fingerprint density at radius 1 is 1.05 bits per heavy atom. The maximum Gasteiger partial charge on any atom is 0.142 e. The van der Waals surface area contributed by atoms with Crippen molar-refractivity contribution in [1.82, 2.24) is 0 Å². The Morgan fingerprint density at radius 3 is 2.52 bits per heavy atom. The lowest BCUT2D eigenvalue weighted by atomic mass is 10.1. The van der Waals surface area contributed by atoms with E-state index in [0.29, 0.717) is 6.54 Å². The first kappa shape index (κ1) is 15.2. The van der Waals surface area contributed by atoms with Gasteiger partial charge in [-0.3, -0.25) is 0 Å². The van der Waals surface area contributed by atoms with Crippen LogP contribution < -0.4 is 14.8 Å². The van der Waals surface area contributed by atoms with Crippen LogP contribution in [-0.2, 0) is 6.54 Å². The summed E-state index contributed by atoms with van der Waals surface area (Å²) in [6, 6.07) is 14.2. The van der Waals surface area contributed by atoms with Crippen molar-refractivity contribution in [2.45, 2.75) is 33.4 Å². The standard InChI is InChI=1S/C18H23NO2/c1-13(2)21-17-8-6-5-7-15(17)12-19-16-10-9-14(3)11-18(16)20-4/h5-11,13,19H,12H2,1-4H3. The maximum atomic E-state index is 5.84. The van der Waals surface area contributed by atoms with E-state index >= 15 is 0 Å². The van der Waals surface area contributed by atoms with Crippen molar-refractivity contribution in [2.75, 3.05) is 12.4 Å². The summed E-state index contributed by atoms with van der Waals surface area (Å²) in [5.41, 5.74) is 3.30. The van der Waals surface area contributed by atoms with Gasteiger partial charge in [-0.25, -0.2) is 0 Å². The monoisotopic (exact) mass is 285 g/mol. The highest BCUT2D eigenvalue weighted by Crippen LogP contribution is 2.27. The van der Waals surface area contributed by atoms with Crippen molar-refractivity contribution < 1.29 is 9.47 Å². The van der Waals surface area contributed by atoms with Gasteiger partial charge in [0.2, 0.25) is 0 Å². The van der Waals surface area contributed by atoms with Crippen molar-refractivity contribution in [2.24, 2.45) is 0 Å². The molecule has 0 aliphatic rings. The number of methoxy groups -OCH3 is 1. The third-order valence-corrected chi connectivity index (χ3v) is 3.16. The Kier molecular flexibility index (Phi) is 5.09. The molecule has 0 fully saturated rings. The molecule has 2 aromatic rings. The Morgan fingerprint density at radius 2 is 1.81 bits per heavy atom. The molecular weight excluding hydrogens is 262 g/mol. The van der Waals surface area contributed by atoms with Gasteiger partial charge in [0.15, 0.2) is 0 Å². The Balaban J connectivity index is 2.13. The molecule has 1 N–H and O–H groups in total. The molecule has 0 saturated carbocycles. The van der Waals surface area contributed by atoms with Crippen LogP contribution in [0.3, 0.4) is 0 Å². The van der Waals surface area contributed by atoms with E-state index in [-0.39, 0.29) is 6.10 Å². The normalized spacial score (nSPS) is 10.5. The van der Waals surface area contributed by atoms with Crippen molar-refractivity contribution in [3.8, 4) is 11.5 Å². The van der Waals surface area contributed by atoms with E-state index in [2.05, 4.69) is 24.4 Å². The molecule has 0 amide bonds. The van der Waals surface area contributed by atoms with Gasteiger partial charge in [-0.2, -0.15) is 0 Å². The van der Waals surface area contributed by atoms with Crippen molar-refractivity contribution in [3.63, 3.8) is 0 Å². The maximum absolute atomic E-state index is 5.84. The zero-order chi connectivity index (χ0) is 15.2. The minimum atomic E-state index is 0.167. The van der Waals surface area contributed by atoms with Crippen LogP contribution in [0.4, 0.5) is 5.69 Å². The number of ether oxygens (including phenoxy) is 2. The van der Waals surface area contributed by atoms with Crippen molar-refractivity contribution in [3.05, 3.63) is 53.6 Å². The summed E-state index contributed by atoms with van der Waals surface area (Å²) in [5.74, 6) is 1.78. The second kappa shape index (κ2) is 7.02. The fourth-order valence-corrected chi connectivity index (χ4v) is 2.15. The molecule has 2 aromatic carbocycles. The summed E-state index contributed by atoms with van der Waals surface area (Å²) in [6.45, 7) is 6.82. The van der Waals surface area contributed by atoms with Gasteiger partial charge in [0, 0.05) is 12.1 Å². The van der Waals surface area contributed by atoms with Gasteiger partial charge >= 0.3 is 0 Å². The molecule has 112 valence electrons. The second-order valence-electron chi connectivity index (χ2n) is 5.33. The Labute approximate surface area is 126 Å². The average Bonchev–Trinajstić information content (AvgIpc) is 2.46. The highest BCUT2D eigenvalue weighted by atomic mass is 16.5. The molecule has 0 aliphatic carbocycles. The first-order chi connectivity index (χ1) is 10.1. The summed E-state index contributed by atoms with van der Waals surface area (Å²) in [5, 5.41) is 3.42. The zero-order valence-electron chi connectivity index (χ0n) is 13.1. The fraction of sp³-hybridized carbons (Fsp3) is 0.333. The number of anilines is 1. The molecule has 0 aliphatic heterocycles. The number of hydrogen-bond donors (Lipinski definition) is 1. The van der Waals surface area contributed by atoms with E-state index < -0.39 is 0 Å². The molecule has 0 saturated heterocycles. The molecule has 0 radical (unpaired) electrons. The predicted molar refractivity (Wildman–Crippen MR) is 87.3 cm³/mol. The molecule has 3 heteroatoms. The van der Waals surface area contributed by atoms with Gasteiger partial charge < -0.3 is 14.8 Å². The van der Waals surface area contributed by atoms with E-state index in [1.54, 1.807) is 7.11 Å². The third-order valence-electron chi connectivity index (χ3n) is 3.16. The number of rotatable bonds is 6. The van der Waals surface area contributed by atoms with Crippen molar-refractivity contribution in [1.29, 1.82) is 0 Å². The van der Waals surface area contributed by atoms with Gasteiger partial charge in [0.05, 0.1) is 18.9 Å². The minimum Gasteiger partial charge on any atom is -0.495 e. The lowest BCUT2D eigenvalue weighted by Crippen LogP contribution is -2.09. The molecule has 21 heavy (non-hydrogen) atoms. The first-order valence-corrected chi connectivity index (χ1v) is 7.23. The minimum absolute atomic E-state index is 0.167. The Bertz CT molecular complexity index is 594. The lowest BCUT2D eigenvalue weighted by molar-refractivity contribution is 0.240. The molecule has 0 bridgehead atoms. The SMILES string of the molecule is COc1cc(C)ccc1NCc1ccccc1OC(C)C. The molecule has 0 atom stereocenters. The smallest absolute Gasteiger partial charge is 0.142 e. The van der Waals surface area contributed by atoms with Gasteiger partial charge in [0.25, 0.3) is 0 Å². The van der Waals surface area contributed by atoms with Crippen LogP contribution in [0.2, 0.25) is 0 Å². The van der Waals surface area contributed by atoms with Gasteiger partial charge in [0.1, 0.15) is 11.5 Å². The van der Waals surface area contributed by atoms with Crippen LogP contribution in [0, 0.1) is 6.92 Å². The summed E-state index contributed by atoms with van der Waals surface area (Å²) < 4.78 is 11.3. The van der Waals surface area contributed by atoms with Gasteiger partial charge in [-0.15, -0.1) is 0 Å². The zero-order valence-corrected chi connectivity index (χ0v) is 13.1. The van der Waals surface area contributed by atoms with E-state index in [9.17, 15) is 0 Å². The van der Waals surface area contributed by atoms with E-state index in [0.717, 1.165) is 22.7 Å². The molecule has 3 nitrogen and oxygen atoms in total. The van der Waals surface area contributed by atoms with E-state index in [4.69, 9.17) is 9.47 Å². The molecule has 0 spiro atoms. The van der Waals surface area contributed by atoms with Crippen LogP contribution >= 0.6 is 0 Å². The fourth-order valence-electron chi connectivity index (χ4n) is 2.15. The molecular formula is C18H23NO2. The van der Waals surface area contributed by atoms with E-state index in [1.165, 1.54) is 5.56 Å². The largest absolute Gasteiger partial charge is 0.495 e. The molecule has 0 aromatic heterocycles. The number of aryl methyl sites for hydroxylation is 1. The van der Waals surface area contributed by atoms with E-state index in [1.807, 2.05) is 44.2 Å². The first-order valence-electron chi connectivity index (χ1n) is 7.23. The van der Waals surface area contributed by atoms with Crippen LogP contribution in [0.25, 0.3) is 0 Å². The molecule has 0 heterocycles. The molecule has 2 rings (SSSR count). The van der Waals surface area contributed by atoms with Gasteiger partial charge in [-0.1, -0.05) is 24.3 Å². The Hall–Kier alpha value is -2.16. The van der Waals surface area contributed by atoms with Crippen LogP contribution in [0.15, 0.2) is 42.5 Å². The molecule has 0 unspecified atom stereocenters. The average molecular weight is 285 g/mol. The summed E-state index contributed by atoms with van der Waals surface area (Å²) in [7, 11) is 1.69. The van der Waals surface area contributed by atoms with Crippen LogP contribution in [-0.4, -0.2) is 13.2 Å². The van der Waals surface area contributed by atoms with Crippen LogP contribution in [0.5, 0.6) is 11.5 Å². The quantitative estimate of drug-likeness (QED) is 0.853. The summed E-state index contributed by atoms with van der Waals surface area (Å²) in [6.07, 6.45) is 0.167. The number of hydrogen-bond acceptors (Lipinski definition) is 3. The highest BCUT2D eigenvalue weighted by Gasteiger charge is 2.07. The number of benzene rings is 2. The third kappa shape index (κ3) is 4.15. The number of para-hydroxylation sites is 1. The van der Waals surface area contributed by atoms with Gasteiger partial charge in [-0.05, 0) is 44.5 Å². The summed E-state index contributed by atoms with van der Waals surface area (Å²) in [4.78, 5) is 0. The van der Waals surface area contributed by atoms with Crippen molar-refractivity contribution >= 4 is 5.69 Å². The predicted octanol–water partition coefficient (Wildman–Crippen LogP) is 4.40.